The number of amides is 2. The van der Waals surface area contributed by atoms with Crippen molar-refractivity contribution in [2.45, 2.75) is 6.92 Å². The van der Waals surface area contributed by atoms with Gasteiger partial charge in [0.2, 0.25) is 5.91 Å². The van der Waals surface area contributed by atoms with Crippen molar-refractivity contribution in [1.29, 1.82) is 0 Å². The van der Waals surface area contributed by atoms with Crippen molar-refractivity contribution < 1.29 is 14.3 Å². The fourth-order valence-electron chi connectivity index (χ4n) is 3.63. The molecule has 36 heavy (non-hydrogen) atoms. The maximum Gasteiger partial charge on any atom is 0.297 e. The maximum atomic E-state index is 13.3. The Morgan fingerprint density at radius 2 is 1.83 bits per heavy atom. The third-order valence-electron chi connectivity index (χ3n) is 5.55. The Balaban J connectivity index is 1.65. The topological polar surface area (TPSA) is 97.9 Å². The monoisotopic (exact) mass is 503 g/mol. The lowest BCUT2D eigenvalue weighted by Crippen LogP contribution is -2.29. The molecule has 1 aliphatic rings. The lowest BCUT2D eigenvalue weighted by atomic mass is 10.3. The zero-order valence-electron chi connectivity index (χ0n) is 20.1. The number of para-hydroxylation sites is 1. The van der Waals surface area contributed by atoms with Gasteiger partial charge < -0.3 is 10.1 Å². The van der Waals surface area contributed by atoms with Crippen LogP contribution in [0.4, 0.5) is 11.4 Å². The van der Waals surface area contributed by atoms with Gasteiger partial charge >= 0.3 is 0 Å². The number of nitrogens with one attached hydrogen (secondary N) is 1. The van der Waals surface area contributed by atoms with Crippen LogP contribution in [-0.4, -0.2) is 44.9 Å². The smallest absolute Gasteiger partial charge is 0.297 e. The number of anilines is 1. The van der Waals surface area contributed by atoms with Crippen molar-refractivity contribution in [3.63, 3.8) is 0 Å². The molecule has 1 aliphatic heterocycles. The first-order chi connectivity index (χ1) is 17.3. The van der Waals surface area contributed by atoms with Crippen molar-refractivity contribution in [1.82, 2.24) is 14.3 Å². The highest BCUT2D eigenvalue weighted by atomic mass is 32.2. The van der Waals surface area contributed by atoms with Crippen LogP contribution in [0.2, 0.25) is 0 Å². The Labute approximate surface area is 212 Å². The zero-order valence-corrected chi connectivity index (χ0v) is 20.9. The molecule has 184 valence electrons. The van der Waals surface area contributed by atoms with E-state index in [1.54, 1.807) is 56.1 Å². The highest BCUT2D eigenvalue weighted by Gasteiger charge is 2.34. The van der Waals surface area contributed by atoms with Crippen LogP contribution in [0.1, 0.15) is 5.69 Å². The van der Waals surface area contributed by atoms with Gasteiger partial charge in [-0.3, -0.25) is 24.0 Å². The van der Waals surface area contributed by atoms with E-state index >= 15 is 0 Å². The summed E-state index contributed by atoms with van der Waals surface area (Å²) in [5.41, 5.74) is 1.81. The Morgan fingerprint density at radius 1 is 1.14 bits per heavy atom. The molecule has 0 spiro atoms. The summed E-state index contributed by atoms with van der Waals surface area (Å²) in [5, 5.41) is 3.03. The van der Waals surface area contributed by atoms with Crippen LogP contribution in [0.3, 0.4) is 0 Å². The summed E-state index contributed by atoms with van der Waals surface area (Å²) in [6, 6.07) is 16.1. The summed E-state index contributed by atoms with van der Waals surface area (Å²) in [4.78, 5) is 45.1. The van der Waals surface area contributed by atoms with Gasteiger partial charge in [-0.05, 0) is 55.1 Å². The SMILES string of the molecule is C=CCN1C(=O)/C(=C\C(=O)Nc2ccc(OC)cc2)SC1=Nc1c(C)n(C)n(-c2ccccc2)c1=O. The van der Waals surface area contributed by atoms with Crippen molar-refractivity contribution in [2.24, 2.45) is 12.0 Å². The summed E-state index contributed by atoms with van der Waals surface area (Å²) >= 11 is 1.04. The van der Waals surface area contributed by atoms with E-state index in [0.717, 1.165) is 11.8 Å². The van der Waals surface area contributed by atoms with Crippen LogP contribution in [0.15, 0.2) is 88.0 Å². The molecule has 1 aromatic heterocycles. The number of methoxy groups -OCH3 is 1. The van der Waals surface area contributed by atoms with E-state index in [9.17, 15) is 14.4 Å². The van der Waals surface area contributed by atoms with Crippen molar-refractivity contribution in [3.05, 3.63) is 94.3 Å². The predicted octanol–water partition coefficient (Wildman–Crippen LogP) is 3.76. The van der Waals surface area contributed by atoms with Crippen LogP contribution in [0.5, 0.6) is 5.75 Å². The van der Waals surface area contributed by atoms with Crippen molar-refractivity contribution in [3.8, 4) is 11.4 Å². The number of carbonyl (C=O) groups excluding carboxylic acids is 2. The first-order valence-electron chi connectivity index (χ1n) is 11.0. The van der Waals surface area contributed by atoms with E-state index in [2.05, 4.69) is 16.9 Å². The minimum atomic E-state index is -0.460. The second-order valence-corrected chi connectivity index (χ2v) is 8.85. The molecule has 2 aromatic carbocycles. The predicted molar refractivity (Wildman–Crippen MR) is 142 cm³/mol. The van der Waals surface area contributed by atoms with E-state index in [1.165, 1.54) is 15.7 Å². The van der Waals surface area contributed by atoms with Gasteiger partial charge in [-0.15, -0.1) is 6.58 Å². The molecular formula is C26H25N5O4S. The average molecular weight is 504 g/mol. The minimum Gasteiger partial charge on any atom is -0.497 e. The van der Waals surface area contributed by atoms with Crippen LogP contribution in [-0.2, 0) is 16.6 Å². The van der Waals surface area contributed by atoms with E-state index in [-0.39, 0.29) is 28.6 Å². The number of nitrogens with zero attached hydrogens (tertiary/aromatic N) is 4. The summed E-state index contributed by atoms with van der Waals surface area (Å²) in [6.07, 6.45) is 2.80. The lowest BCUT2D eigenvalue weighted by Gasteiger charge is -2.12. The van der Waals surface area contributed by atoms with Crippen LogP contribution < -0.4 is 15.6 Å². The maximum absolute atomic E-state index is 13.3. The molecule has 3 aromatic rings. The lowest BCUT2D eigenvalue weighted by molar-refractivity contribution is -0.122. The standard InChI is InChI=1S/C26H25N5O4S/c1-5-15-30-24(33)21(16-22(32)27-18-11-13-20(35-4)14-12-18)36-26(30)28-23-17(2)29(3)31(25(23)34)19-9-7-6-8-10-19/h5-14,16H,1,15H2,2-4H3,(H,27,32)/b21-16+,28-26?. The van der Waals surface area contributed by atoms with Gasteiger partial charge in [-0.1, -0.05) is 24.3 Å². The molecule has 2 heterocycles. The van der Waals surface area contributed by atoms with Crippen LogP contribution >= 0.6 is 11.8 Å². The second-order valence-electron chi connectivity index (χ2n) is 7.84. The van der Waals surface area contributed by atoms with Gasteiger partial charge in [0.1, 0.15) is 5.75 Å². The number of aliphatic imine (C=N–C) groups is 1. The number of rotatable bonds is 7. The number of ether oxygens (including phenoxy) is 1. The number of aromatic nitrogens is 2. The number of hydrogen-bond acceptors (Lipinski definition) is 6. The van der Waals surface area contributed by atoms with Gasteiger partial charge in [0.05, 0.1) is 23.4 Å². The normalized spacial score (nSPS) is 15.5. The quantitative estimate of drug-likeness (QED) is 0.391. The number of thioether (sulfide) groups is 1. The summed E-state index contributed by atoms with van der Waals surface area (Å²) in [6.45, 7) is 5.68. The Bertz CT molecular complexity index is 1440. The molecule has 1 saturated heterocycles. The van der Waals surface area contributed by atoms with Gasteiger partial charge in [0.25, 0.3) is 11.5 Å². The minimum absolute atomic E-state index is 0.181. The fourth-order valence-corrected chi connectivity index (χ4v) is 4.60. The van der Waals surface area contributed by atoms with Crippen molar-refractivity contribution >= 4 is 40.1 Å². The molecule has 0 unspecified atom stereocenters. The van der Waals surface area contributed by atoms with Gasteiger partial charge in [0.15, 0.2) is 10.9 Å². The van der Waals surface area contributed by atoms with Gasteiger partial charge in [-0.25, -0.2) is 9.67 Å². The molecule has 4 rings (SSSR count). The number of benzene rings is 2. The van der Waals surface area contributed by atoms with Crippen LogP contribution in [0.25, 0.3) is 5.69 Å². The summed E-state index contributed by atoms with van der Waals surface area (Å²) < 4.78 is 8.36. The molecule has 1 fully saturated rings. The second kappa shape index (κ2) is 10.5. The van der Waals surface area contributed by atoms with E-state index in [4.69, 9.17) is 4.74 Å². The highest BCUT2D eigenvalue weighted by molar-refractivity contribution is 8.18. The number of carbonyl (C=O) groups is 2. The Morgan fingerprint density at radius 3 is 2.47 bits per heavy atom. The third kappa shape index (κ3) is 4.89. The van der Waals surface area contributed by atoms with Gasteiger partial charge in [0, 0.05) is 25.4 Å². The largest absolute Gasteiger partial charge is 0.497 e. The molecule has 0 saturated carbocycles. The molecule has 10 heteroatoms. The molecular weight excluding hydrogens is 478 g/mol. The molecule has 2 amide bonds. The highest BCUT2D eigenvalue weighted by Crippen LogP contribution is 2.33. The molecule has 0 radical (unpaired) electrons. The first-order valence-corrected chi connectivity index (χ1v) is 11.9. The zero-order chi connectivity index (χ0) is 25.8. The fraction of sp³-hybridized carbons (Fsp3) is 0.154. The summed E-state index contributed by atoms with van der Waals surface area (Å²) in [5.74, 6) is -0.185. The third-order valence-corrected chi connectivity index (χ3v) is 6.56. The van der Waals surface area contributed by atoms with E-state index in [1.807, 2.05) is 30.3 Å². The number of hydrogen-bond donors (Lipinski definition) is 1. The van der Waals surface area contributed by atoms with Crippen LogP contribution in [0, 0.1) is 6.92 Å². The Kier molecular flexibility index (Phi) is 7.25. The molecule has 9 nitrogen and oxygen atoms in total. The van der Waals surface area contributed by atoms with E-state index < -0.39 is 5.91 Å². The molecule has 0 bridgehead atoms. The first kappa shape index (κ1) is 24.8. The average Bonchev–Trinajstić information content (AvgIpc) is 3.27. The number of amidine groups is 1. The molecule has 1 N–H and O–H groups in total. The molecule has 0 atom stereocenters. The van der Waals surface area contributed by atoms with Gasteiger partial charge in [-0.2, -0.15) is 0 Å². The Hall–Kier alpha value is -4.31. The summed E-state index contributed by atoms with van der Waals surface area (Å²) in [7, 11) is 3.33. The molecule has 0 aliphatic carbocycles. The van der Waals surface area contributed by atoms with Crippen molar-refractivity contribution in [2.75, 3.05) is 19.0 Å². The van der Waals surface area contributed by atoms with E-state index in [0.29, 0.717) is 28.0 Å².